The zero-order chi connectivity index (χ0) is 31.0. The minimum absolute atomic E-state index is 0.00718. The summed E-state index contributed by atoms with van der Waals surface area (Å²) < 4.78 is 16.4. The molecule has 5 heterocycles. The van der Waals surface area contributed by atoms with Crippen molar-refractivity contribution < 1.29 is 23.9 Å². The van der Waals surface area contributed by atoms with Gasteiger partial charge in [0.1, 0.15) is 0 Å². The number of aromatic hydroxyl groups is 1. The van der Waals surface area contributed by atoms with Crippen molar-refractivity contribution in [1.82, 2.24) is 29.7 Å². The van der Waals surface area contributed by atoms with E-state index in [1.807, 2.05) is 27.7 Å². The number of fused-ring (bicyclic) bond motifs is 2. The van der Waals surface area contributed by atoms with Crippen LogP contribution >= 0.6 is 0 Å². The Morgan fingerprint density at radius 2 is 1.95 bits per heavy atom. The number of hydrogen-bond acceptors (Lipinski definition) is 8. The van der Waals surface area contributed by atoms with E-state index in [2.05, 4.69) is 25.5 Å². The summed E-state index contributed by atoms with van der Waals surface area (Å²) in [7, 11) is 0. The number of rotatable bonds is 9. The molecule has 0 radical (unpaired) electrons. The first-order valence-electron chi connectivity index (χ1n) is 14.1. The first-order chi connectivity index (χ1) is 20.4. The summed E-state index contributed by atoms with van der Waals surface area (Å²) in [6, 6.07) is 0.609. The van der Waals surface area contributed by atoms with Crippen molar-refractivity contribution in [3.8, 4) is 5.75 Å². The highest BCUT2D eigenvalue weighted by Gasteiger charge is 2.32. The molecule has 0 aromatic carbocycles. The molecule has 0 bridgehead atoms. The molecule has 2 aromatic heterocycles. The van der Waals surface area contributed by atoms with Crippen LogP contribution in [0.2, 0.25) is 0 Å². The third-order valence-corrected chi connectivity index (χ3v) is 7.90. The molecule has 4 amide bonds. The zero-order valence-electron chi connectivity index (χ0n) is 24.3. The Morgan fingerprint density at radius 1 is 1.19 bits per heavy atom. The van der Waals surface area contributed by atoms with Gasteiger partial charge < -0.3 is 19.9 Å². The van der Waals surface area contributed by atoms with E-state index in [4.69, 9.17) is 0 Å². The van der Waals surface area contributed by atoms with E-state index in [1.54, 1.807) is 21.6 Å². The predicted octanol–water partition coefficient (Wildman–Crippen LogP) is 2.99. The van der Waals surface area contributed by atoms with Crippen LogP contribution in [0.4, 0.5) is 9.18 Å². The fourth-order valence-electron chi connectivity index (χ4n) is 5.33. The Morgan fingerprint density at radius 3 is 2.67 bits per heavy atom. The van der Waals surface area contributed by atoms with Gasteiger partial charge >= 0.3 is 6.03 Å². The Hall–Kier alpha value is -4.75. The molecular formula is C29H33FN8O5. The standard InChI is InChI=1S/C29H33FN8O5/c1-15(2)18(9-21-20(30)13-32-27(33-21)17-5-6-23-34-35-29(43)38(23)14-17)10-24(40)31-12-19-11-22(39)26(41)25-28(42)36(16(3)4)7-8-37(19)25/h5-6,11,13-16,18,23,41H,7-10,12H2,1-4H3,(H,31,40)/t18-,23?/m1/s1. The van der Waals surface area contributed by atoms with Crippen LogP contribution < -0.4 is 10.7 Å². The molecule has 43 heavy (non-hydrogen) atoms. The normalized spacial score (nSPS) is 18.3. The van der Waals surface area contributed by atoms with Gasteiger partial charge in [-0.1, -0.05) is 19.0 Å². The number of allylic oxidation sites excluding steroid dienone is 2. The highest BCUT2D eigenvalue weighted by atomic mass is 19.1. The van der Waals surface area contributed by atoms with Crippen molar-refractivity contribution in [2.75, 3.05) is 6.54 Å². The van der Waals surface area contributed by atoms with Crippen LogP contribution in [-0.4, -0.2) is 66.0 Å². The Kier molecular flexibility index (Phi) is 8.20. The third-order valence-electron chi connectivity index (χ3n) is 7.90. The molecular weight excluding hydrogens is 559 g/mol. The molecule has 2 N–H and O–H groups in total. The molecule has 0 saturated heterocycles. The zero-order valence-corrected chi connectivity index (χ0v) is 24.3. The maximum atomic E-state index is 14.8. The quantitative estimate of drug-likeness (QED) is 0.452. The average molecular weight is 593 g/mol. The molecule has 226 valence electrons. The summed E-state index contributed by atoms with van der Waals surface area (Å²) in [5, 5.41) is 20.6. The lowest BCUT2D eigenvalue weighted by Crippen LogP contribution is -2.46. The van der Waals surface area contributed by atoms with Gasteiger partial charge in [-0.15, -0.1) is 0 Å². The molecule has 1 unspecified atom stereocenters. The number of nitrogens with one attached hydrogen (secondary N) is 1. The number of hydrogen-bond donors (Lipinski definition) is 2. The summed E-state index contributed by atoms with van der Waals surface area (Å²) in [4.78, 5) is 61.8. The highest BCUT2D eigenvalue weighted by Crippen LogP contribution is 2.27. The topological polar surface area (TPSA) is 162 Å². The van der Waals surface area contributed by atoms with Gasteiger partial charge in [0.25, 0.3) is 5.91 Å². The molecule has 0 spiro atoms. The molecule has 3 aliphatic heterocycles. The van der Waals surface area contributed by atoms with E-state index >= 15 is 0 Å². The van der Waals surface area contributed by atoms with E-state index in [9.17, 15) is 28.7 Å². The summed E-state index contributed by atoms with van der Waals surface area (Å²) >= 11 is 0. The fourth-order valence-corrected chi connectivity index (χ4v) is 5.33. The van der Waals surface area contributed by atoms with E-state index in [0.717, 1.165) is 6.20 Å². The largest absolute Gasteiger partial charge is 0.503 e. The van der Waals surface area contributed by atoms with Crippen molar-refractivity contribution in [2.24, 2.45) is 22.1 Å². The second-order valence-electron chi connectivity index (χ2n) is 11.4. The van der Waals surface area contributed by atoms with Crippen LogP contribution in [-0.2, 0) is 24.3 Å². The summed E-state index contributed by atoms with van der Waals surface area (Å²) in [6.45, 7) is 8.31. The number of carbonyl (C=O) groups excluding carboxylic acids is 3. The lowest BCUT2D eigenvalue weighted by atomic mass is 9.87. The predicted molar refractivity (Wildman–Crippen MR) is 152 cm³/mol. The lowest BCUT2D eigenvalue weighted by Gasteiger charge is -2.34. The molecule has 14 heteroatoms. The van der Waals surface area contributed by atoms with Gasteiger partial charge in [-0.25, -0.2) is 19.2 Å². The number of azo groups is 1. The first-order valence-corrected chi connectivity index (χ1v) is 14.1. The van der Waals surface area contributed by atoms with Crippen LogP contribution in [0.1, 0.15) is 61.8 Å². The van der Waals surface area contributed by atoms with Gasteiger partial charge in [0.2, 0.25) is 11.3 Å². The molecule has 0 fully saturated rings. The highest BCUT2D eigenvalue weighted by molar-refractivity contribution is 5.96. The maximum Gasteiger partial charge on any atom is 0.368 e. The monoisotopic (exact) mass is 592 g/mol. The van der Waals surface area contributed by atoms with E-state index < -0.39 is 35.1 Å². The van der Waals surface area contributed by atoms with E-state index in [0.29, 0.717) is 24.4 Å². The summed E-state index contributed by atoms with van der Waals surface area (Å²) in [5.41, 5.74) is 0.273. The molecule has 0 aliphatic carbocycles. The molecule has 2 aromatic rings. The van der Waals surface area contributed by atoms with Gasteiger partial charge in [-0.05, 0) is 44.3 Å². The molecule has 5 rings (SSSR count). The van der Waals surface area contributed by atoms with Crippen molar-refractivity contribution in [2.45, 2.75) is 65.8 Å². The number of nitrogens with zero attached hydrogens (tertiary/aromatic N) is 7. The van der Waals surface area contributed by atoms with E-state index in [-0.39, 0.29) is 60.4 Å². The summed E-state index contributed by atoms with van der Waals surface area (Å²) in [5.74, 6) is -2.03. The van der Waals surface area contributed by atoms with Crippen molar-refractivity contribution >= 4 is 23.4 Å². The van der Waals surface area contributed by atoms with Gasteiger partial charge in [0.05, 0.1) is 18.4 Å². The number of amides is 4. The van der Waals surface area contributed by atoms with Crippen molar-refractivity contribution in [3.05, 3.63) is 69.6 Å². The van der Waals surface area contributed by atoms with Crippen LogP contribution in [0.15, 0.2) is 45.6 Å². The van der Waals surface area contributed by atoms with Crippen LogP contribution in [0.3, 0.4) is 0 Å². The molecule has 13 nitrogen and oxygen atoms in total. The summed E-state index contributed by atoms with van der Waals surface area (Å²) in [6.07, 6.45) is 5.68. The smallest absolute Gasteiger partial charge is 0.368 e. The van der Waals surface area contributed by atoms with E-state index in [1.165, 1.54) is 17.2 Å². The molecule has 3 aliphatic rings. The lowest BCUT2D eigenvalue weighted by molar-refractivity contribution is -0.122. The van der Waals surface area contributed by atoms with Gasteiger partial charge in [0, 0.05) is 49.1 Å². The number of urea groups is 1. The SMILES string of the molecule is CC(C)[C@@H](CC(=O)NCc1cc(=O)c(O)c2n1CCN(C(C)C)C2=O)Cc1nc(C2=CN3C(=O)N=NC3C=C2)ncc1F. The number of aromatic nitrogens is 3. The van der Waals surface area contributed by atoms with Gasteiger partial charge in [-0.2, -0.15) is 5.11 Å². The van der Waals surface area contributed by atoms with Crippen molar-refractivity contribution in [1.29, 1.82) is 0 Å². The second kappa shape index (κ2) is 11.9. The van der Waals surface area contributed by atoms with Crippen LogP contribution in [0.5, 0.6) is 5.75 Å². The maximum absolute atomic E-state index is 14.8. The van der Waals surface area contributed by atoms with Gasteiger partial charge in [0.15, 0.2) is 29.3 Å². The Bertz CT molecular complexity index is 1630. The first kappa shape index (κ1) is 29.7. The molecule has 2 atom stereocenters. The average Bonchev–Trinajstić information content (AvgIpc) is 3.34. The van der Waals surface area contributed by atoms with Crippen molar-refractivity contribution in [3.63, 3.8) is 0 Å². The molecule has 0 saturated carbocycles. The fraction of sp³-hybridized carbons (Fsp3) is 0.448. The minimum atomic E-state index is -0.694. The number of halogens is 1. The Balaban J connectivity index is 1.28. The Labute approximate surface area is 246 Å². The number of pyridine rings is 1. The number of carbonyl (C=O) groups is 3. The van der Waals surface area contributed by atoms with Crippen LogP contribution in [0.25, 0.3) is 5.57 Å². The van der Waals surface area contributed by atoms with Crippen LogP contribution in [0, 0.1) is 17.7 Å². The second-order valence-corrected chi connectivity index (χ2v) is 11.4. The minimum Gasteiger partial charge on any atom is -0.503 e. The van der Waals surface area contributed by atoms with Gasteiger partial charge in [-0.3, -0.25) is 19.3 Å². The third kappa shape index (κ3) is 5.94.